The summed E-state index contributed by atoms with van der Waals surface area (Å²) < 4.78 is 5.75. The lowest BCUT2D eigenvalue weighted by Gasteiger charge is -2.09. The maximum Gasteiger partial charge on any atom is 0.0813 e. The Labute approximate surface area is 82.7 Å². The van der Waals surface area contributed by atoms with Gasteiger partial charge < -0.3 is 10.5 Å². The second-order valence-corrected chi connectivity index (χ2v) is 4.62. The highest BCUT2D eigenvalue weighted by molar-refractivity contribution is 7.09. The lowest BCUT2D eigenvalue weighted by Crippen LogP contribution is -2.17. The summed E-state index contributed by atoms with van der Waals surface area (Å²) in [5, 5.41) is 2.08. The van der Waals surface area contributed by atoms with Crippen molar-refractivity contribution in [1.29, 1.82) is 0 Å². The third-order valence-electron chi connectivity index (χ3n) is 2.47. The Morgan fingerprint density at radius 1 is 1.54 bits per heavy atom. The smallest absolute Gasteiger partial charge is 0.0813 e. The SMILES string of the molecule is NC1CCC(OCc2cccs2)C1. The first-order chi connectivity index (χ1) is 6.34. The molecule has 0 saturated heterocycles. The second kappa shape index (κ2) is 4.22. The standard InChI is InChI=1S/C10H15NOS/c11-8-3-4-9(6-8)12-7-10-2-1-5-13-10/h1-2,5,8-9H,3-4,6-7,11H2. The van der Waals surface area contributed by atoms with Crippen LogP contribution in [-0.2, 0) is 11.3 Å². The molecule has 13 heavy (non-hydrogen) atoms. The maximum absolute atomic E-state index is 5.80. The summed E-state index contributed by atoms with van der Waals surface area (Å²) in [6, 6.07) is 4.54. The van der Waals surface area contributed by atoms with E-state index in [4.69, 9.17) is 10.5 Å². The van der Waals surface area contributed by atoms with E-state index in [2.05, 4.69) is 17.5 Å². The van der Waals surface area contributed by atoms with E-state index in [-0.39, 0.29) is 0 Å². The maximum atomic E-state index is 5.80. The predicted octanol–water partition coefficient (Wildman–Crippen LogP) is 2.14. The number of thiophene rings is 1. The molecule has 1 saturated carbocycles. The normalized spacial score (nSPS) is 28.1. The van der Waals surface area contributed by atoms with E-state index < -0.39 is 0 Å². The van der Waals surface area contributed by atoms with Crippen LogP contribution < -0.4 is 5.73 Å². The fourth-order valence-electron chi connectivity index (χ4n) is 1.72. The summed E-state index contributed by atoms with van der Waals surface area (Å²) in [6.07, 6.45) is 3.68. The molecule has 0 amide bonds. The molecule has 1 aliphatic carbocycles. The van der Waals surface area contributed by atoms with E-state index in [0.29, 0.717) is 12.1 Å². The predicted molar refractivity (Wildman–Crippen MR) is 54.7 cm³/mol. The van der Waals surface area contributed by atoms with Gasteiger partial charge in [-0.1, -0.05) is 6.07 Å². The lowest BCUT2D eigenvalue weighted by molar-refractivity contribution is 0.0464. The van der Waals surface area contributed by atoms with Crippen molar-refractivity contribution < 1.29 is 4.74 Å². The molecular weight excluding hydrogens is 182 g/mol. The van der Waals surface area contributed by atoms with Gasteiger partial charge in [-0.3, -0.25) is 0 Å². The molecule has 0 aliphatic heterocycles. The molecule has 2 atom stereocenters. The molecule has 1 aromatic heterocycles. The highest BCUT2D eigenvalue weighted by Crippen LogP contribution is 2.22. The third kappa shape index (κ3) is 2.53. The number of hydrogen-bond acceptors (Lipinski definition) is 3. The van der Waals surface area contributed by atoms with Crippen molar-refractivity contribution in [3.8, 4) is 0 Å². The Morgan fingerprint density at radius 3 is 3.08 bits per heavy atom. The minimum atomic E-state index is 0.369. The van der Waals surface area contributed by atoms with Crippen LogP contribution in [0.4, 0.5) is 0 Å². The number of hydrogen-bond donors (Lipinski definition) is 1. The number of ether oxygens (including phenoxy) is 1. The van der Waals surface area contributed by atoms with Crippen LogP contribution in [0.2, 0.25) is 0 Å². The third-order valence-corrected chi connectivity index (χ3v) is 3.32. The summed E-state index contributed by atoms with van der Waals surface area (Å²) in [6.45, 7) is 0.759. The van der Waals surface area contributed by atoms with Crippen LogP contribution in [0.3, 0.4) is 0 Å². The van der Waals surface area contributed by atoms with Crippen molar-refractivity contribution in [2.24, 2.45) is 5.73 Å². The first-order valence-corrected chi connectivity index (χ1v) is 5.62. The minimum Gasteiger partial charge on any atom is -0.373 e. The molecule has 2 unspecified atom stereocenters. The largest absolute Gasteiger partial charge is 0.373 e. The molecule has 1 aromatic rings. The van der Waals surface area contributed by atoms with Crippen molar-refractivity contribution in [3.63, 3.8) is 0 Å². The van der Waals surface area contributed by atoms with E-state index in [1.165, 1.54) is 4.88 Å². The molecule has 2 rings (SSSR count). The molecule has 0 aromatic carbocycles. The first kappa shape index (κ1) is 9.19. The van der Waals surface area contributed by atoms with Crippen molar-refractivity contribution >= 4 is 11.3 Å². The molecule has 2 nitrogen and oxygen atoms in total. The zero-order valence-corrected chi connectivity index (χ0v) is 8.43. The van der Waals surface area contributed by atoms with Gasteiger partial charge >= 0.3 is 0 Å². The van der Waals surface area contributed by atoms with Crippen LogP contribution in [0.25, 0.3) is 0 Å². The van der Waals surface area contributed by atoms with E-state index in [9.17, 15) is 0 Å². The Balaban J connectivity index is 1.74. The molecule has 2 N–H and O–H groups in total. The molecule has 3 heteroatoms. The molecule has 1 aliphatic rings. The van der Waals surface area contributed by atoms with E-state index in [1.807, 2.05) is 0 Å². The van der Waals surface area contributed by atoms with Crippen LogP contribution in [-0.4, -0.2) is 12.1 Å². The van der Waals surface area contributed by atoms with Gasteiger partial charge in [0.1, 0.15) is 0 Å². The number of rotatable bonds is 3. The summed E-state index contributed by atoms with van der Waals surface area (Å²) in [5.74, 6) is 0. The molecular formula is C10H15NOS. The van der Waals surface area contributed by atoms with Gasteiger partial charge in [0.15, 0.2) is 0 Å². The summed E-state index contributed by atoms with van der Waals surface area (Å²) in [7, 11) is 0. The molecule has 72 valence electrons. The highest BCUT2D eigenvalue weighted by Gasteiger charge is 2.21. The van der Waals surface area contributed by atoms with Crippen LogP contribution in [0, 0.1) is 0 Å². The fraction of sp³-hybridized carbons (Fsp3) is 0.600. The van der Waals surface area contributed by atoms with Crippen LogP contribution in [0.5, 0.6) is 0 Å². The average molecular weight is 197 g/mol. The first-order valence-electron chi connectivity index (χ1n) is 4.74. The van der Waals surface area contributed by atoms with Crippen molar-refractivity contribution in [2.75, 3.05) is 0 Å². The van der Waals surface area contributed by atoms with E-state index >= 15 is 0 Å². The number of nitrogens with two attached hydrogens (primary N) is 1. The van der Waals surface area contributed by atoms with Crippen molar-refractivity contribution in [3.05, 3.63) is 22.4 Å². The zero-order valence-electron chi connectivity index (χ0n) is 7.61. The molecule has 0 spiro atoms. The molecule has 1 heterocycles. The van der Waals surface area contributed by atoms with Crippen LogP contribution >= 0.6 is 11.3 Å². The quantitative estimate of drug-likeness (QED) is 0.805. The molecule has 1 fully saturated rings. The van der Waals surface area contributed by atoms with Crippen LogP contribution in [0.1, 0.15) is 24.1 Å². The topological polar surface area (TPSA) is 35.2 Å². The van der Waals surface area contributed by atoms with Gasteiger partial charge in [0.05, 0.1) is 12.7 Å². The second-order valence-electron chi connectivity index (χ2n) is 3.59. The highest BCUT2D eigenvalue weighted by atomic mass is 32.1. The average Bonchev–Trinajstić information content (AvgIpc) is 2.71. The van der Waals surface area contributed by atoms with Gasteiger partial charge in [-0.15, -0.1) is 11.3 Å². The monoisotopic (exact) mass is 197 g/mol. The van der Waals surface area contributed by atoms with Gasteiger partial charge in [0, 0.05) is 10.9 Å². The van der Waals surface area contributed by atoms with Gasteiger partial charge in [-0.05, 0) is 30.7 Å². The summed E-state index contributed by atoms with van der Waals surface area (Å²) in [5.41, 5.74) is 5.80. The van der Waals surface area contributed by atoms with E-state index in [0.717, 1.165) is 25.9 Å². The van der Waals surface area contributed by atoms with E-state index in [1.54, 1.807) is 11.3 Å². The van der Waals surface area contributed by atoms with Crippen molar-refractivity contribution in [1.82, 2.24) is 0 Å². The Kier molecular flexibility index (Phi) is 2.98. The molecule has 0 radical (unpaired) electrons. The summed E-state index contributed by atoms with van der Waals surface area (Å²) >= 11 is 1.75. The van der Waals surface area contributed by atoms with Crippen LogP contribution in [0.15, 0.2) is 17.5 Å². The van der Waals surface area contributed by atoms with Crippen molar-refractivity contribution in [2.45, 2.75) is 38.0 Å². The Morgan fingerprint density at radius 2 is 2.46 bits per heavy atom. The zero-order chi connectivity index (χ0) is 9.10. The minimum absolute atomic E-state index is 0.369. The molecule has 0 bridgehead atoms. The fourth-order valence-corrected chi connectivity index (χ4v) is 2.34. The van der Waals surface area contributed by atoms with Gasteiger partial charge in [-0.25, -0.2) is 0 Å². The lowest BCUT2D eigenvalue weighted by atomic mass is 10.3. The Hall–Kier alpha value is -0.380. The summed E-state index contributed by atoms with van der Waals surface area (Å²) in [4.78, 5) is 1.31. The van der Waals surface area contributed by atoms with Gasteiger partial charge in [-0.2, -0.15) is 0 Å². The Bertz CT molecular complexity index is 247. The van der Waals surface area contributed by atoms with Gasteiger partial charge in [0.2, 0.25) is 0 Å². The van der Waals surface area contributed by atoms with Gasteiger partial charge in [0.25, 0.3) is 0 Å².